The van der Waals surface area contributed by atoms with E-state index in [0.717, 1.165) is 39.8 Å². The zero-order chi connectivity index (χ0) is 14.3. The Morgan fingerprint density at radius 3 is 2.40 bits per heavy atom. The van der Waals surface area contributed by atoms with Gasteiger partial charge in [0.25, 0.3) is 0 Å². The van der Waals surface area contributed by atoms with Gasteiger partial charge in [-0.15, -0.1) is 0 Å². The van der Waals surface area contributed by atoms with Crippen LogP contribution in [0.1, 0.15) is 18.1 Å². The van der Waals surface area contributed by atoms with E-state index < -0.39 is 0 Å². The van der Waals surface area contributed by atoms with Gasteiger partial charge in [-0.3, -0.25) is 4.79 Å². The lowest BCUT2D eigenvalue weighted by Gasteiger charge is -2.04. The van der Waals surface area contributed by atoms with Crippen molar-refractivity contribution in [3.63, 3.8) is 0 Å². The summed E-state index contributed by atoms with van der Waals surface area (Å²) in [4.78, 5) is 12.2. The third kappa shape index (κ3) is 1.94. The van der Waals surface area contributed by atoms with Gasteiger partial charge in [0.1, 0.15) is 5.75 Å². The summed E-state index contributed by atoms with van der Waals surface area (Å²) in [6.45, 7) is 4.04. The summed E-state index contributed by atoms with van der Waals surface area (Å²) in [5.74, 6) is 0.247. The van der Waals surface area contributed by atoms with Gasteiger partial charge in [-0.2, -0.15) is 0 Å². The number of aryl methyl sites for hydroxylation is 2. The molecule has 0 aliphatic heterocycles. The summed E-state index contributed by atoms with van der Waals surface area (Å²) in [5.41, 5.74) is 5.84. The number of hydrogen-bond donors (Lipinski definition) is 1. The van der Waals surface area contributed by atoms with Crippen LogP contribution < -0.4 is 5.43 Å². The maximum absolute atomic E-state index is 12.2. The average molecular weight is 264 g/mol. The summed E-state index contributed by atoms with van der Waals surface area (Å²) in [5, 5.41) is 9.56. The molecule has 0 bridgehead atoms. The first-order valence-electron chi connectivity index (χ1n) is 6.80. The SMILES string of the molecule is CCc1cc(O)ccc1-c1c(-c2ccccc2C)c1=O. The highest BCUT2D eigenvalue weighted by atomic mass is 16.3. The van der Waals surface area contributed by atoms with Crippen molar-refractivity contribution < 1.29 is 5.11 Å². The van der Waals surface area contributed by atoms with Crippen molar-refractivity contribution in [3.05, 3.63) is 63.8 Å². The Kier molecular flexibility index (Phi) is 2.94. The maximum Gasteiger partial charge on any atom is 0.195 e. The van der Waals surface area contributed by atoms with Gasteiger partial charge >= 0.3 is 0 Å². The lowest BCUT2D eigenvalue weighted by molar-refractivity contribution is 0.474. The largest absolute Gasteiger partial charge is 0.508 e. The lowest BCUT2D eigenvalue weighted by atomic mass is 10.0. The molecule has 20 heavy (non-hydrogen) atoms. The molecule has 3 aromatic rings. The van der Waals surface area contributed by atoms with Crippen molar-refractivity contribution in [1.29, 1.82) is 0 Å². The summed E-state index contributed by atoms with van der Waals surface area (Å²) < 4.78 is 0. The minimum Gasteiger partial charge on any atom is -0.508 e. The first-order valence-corrected chi connectivity index (χ1v) is 6.80. The van der Waals surface area contributed by atoms with Crippen LogP contribution in [0, 0.1) is 6.92 Å². The van der Waals surface area contributed by atoms with Gasteiger partial charge in [0.2, 0.25) is 0 Å². The van der Waals surface area contributed by atoms with Gasteiger partial charge in [-0.25, -0.2) is 0 Å². The number of hydrogen-bond acceptors (Lipinski definition) is 2. The van der Waals surface area contributed by atoms with E-state index in [0.29, 0.717) is 0 Å². The van der Waals surface area contributed by atoms with Crippen LogP contribution in [-0.2, 0) is 6.42 Å². The molecule has 3 rings (SSSR count). The molecule has 0 spiro atoms. The molecular weight excluding hydrogens is 248 g/mol. The Balaban J connectivity index is 2.12. The summed E-state index contributed by atoms with van der Waals surface area (Å²) in [6.07, 6.45) is 0.793. The molecule has 0 saturated heterocycles. The third-order valence-corrected chi connectivity index (χ3v) is 3.80. The highest BCUT2D eigenvalue weighted by Crippen LogP contribution is 2.38. The second kappa shape index (κ2) is 4.64. The van der Waals surface area contributed by atoms with Gasteiger partial charge in [-0.05, 0) is 47.7 Å². The van der Waals surface area contributed by atoms with E-state index in [4.69, 9.17) is 0 Å². The minimum atomic E-state index is 0.125. The van der Waals surface area contributed by atoms with Crippen LogP contribution in [0.5, 0.6) is 5.75 Å². The van der Waals surface area contributed by atoms with E-state index >= 15 is 0 Å². The fraction of sp³-hybridized carbons (Fsp3) is 0.167. The predicted molar refractivity (Wildman–Crippen MR) is 81.7 cm³/mol. The molecule has 0 unspecified atom stereocenters. The smallest absolute Gasteiger partial charge is 0.195 e. The molecule has 0 amide bonds. The molecule has 0 fully saturated rings. The van der Waals surface area contributed by atoms with Crippen LogP contribution in [-0.4, -0.2) is 5.11 Å². The number of aromatic hydroxyl groups is 1. The zero-order valence-corrected chi connectivity index (χ0v) is 11.6. The van der Waals surface area contributed by atoms with Gasteiger partial charge in [-0.1, -0.05) is 37.3 Å². The number of phenols is 1. The van der Waals surface area contributed by atoms with E-state index in [9.17, 15) is 9.90 Å². The van der Waals surface area contributed by atoms with Gasteiger partial charge < -0.3 is 5.11 Å². The van der Waals surface area contributed by atoms with Crippen LogP contribution >= 0.6 is 0 Å². The molecule has 1 N–H and O–H groups in total. The Morgan fingerprint density at radius 1 is 1.00 bits per heavy atom. The van der Waals surface area contributed by atoms with Crippen LogP contribution in [0.3, 0.4) is 0 Å². The average Bonchev–Trinajstić information content (AvgIpc) is 3.10. The van der Waals surface area contributed by atoms with Crippen molar-refractivity contribution in [2.45, 2.75) is 20.3 Å². The van der Waals surface area contributed by atoms with Crippen LogP contribution in [0.4, 0.5) is 0 Å². The summed E-state index contributed by atoms with van der Waals surface area (Å²) >= 11 is 0. The molecule has 0 atom stereocenters. The molecule has 0 aliphatic rings. The molecule has 0 aromatic heterocycles. The predicted octanol–water partition coefficient (Wildman–Crippen LogP) is 3.83. The molecule has 2 nitrogen and oxygen atoms in total. The lowest BCUT2D eigenvalue weighted by Crippen LogP contribution is -1.86. The molecular formula is C18H16O2. The molecule has 0 aliphatic carbocycles. The molecule has 0 radical (unpaired) electrons. The highest BCUT2D eigenvalue weighted by molar-refractivity contribution is 5.96. The first-order chi connectivity index (χ1) is 9.63. The number of phenolic OH excluding ortho intramolecular Hbond substituents is 1. The second-order valence-electron chi connectivity index (χ2n) is 5.09. The fourth-order valence-corrected chi connectivity index (χ4v) is 2.65. The second-order valence-corrected chi connectivity index (χ2v) is 5.09. The van der Waals surface area contributed by atoms with Crippen molar-refractivity contribution in [3.8, 4) is 28.0 Å². The van der Waals surface area contributed by atoms with Crippen LogP contribution in [0.2, 0.25) is 0 Å². The number of rotatable bonds is 3. The fourth-order valence-electron chi connectivity index (χ4n) is 2.65. The van der Waals surface area contributed by atoms with E-state index in [1.807, 2.05) is 44.2 Å². The van der Waals surface area contributed by atoms with Crippen LogP contribution in [0.15, 0.2) is 47.3 Å². The maximum atomic E-state index is 12.2. The molecule has 0 saturated carbocycles. The quantitative estimate of drug-likeness (QED) is 0.780. The third-order valence-electron chi connectivity index (χ3n) is 3.80. The Bertz CT molecular complexity index is 790. The molecule has 0 heterocycles. The topological polar surface area (TPSA) is 37.3 Å². The van der Waals surface area contributed by atoms with E-state index in [1.54, 1.807) is 12.1 Å². The van der Waals surface area contributed by atoms with Crippen molar-refractivity contribution in [2.24, 2.45) is 0 Å². The standard InChI is InChI=1S/C18H16O2/c1-3-12-10-13(19)8-9-15(12)17-16(18(17)20)14-7-5-4-6-11(14)2/h4-10,19H,3H2,1-2H3. The van der Waals surface area contributed by atoms with E-state index in [-0.39, 0.29) is 11.2 Å². The molecule has 100 valence electrons. The minimum absolute atomic E-state index is 0.125. The first kappa shape index (κ1) is 12.7. The van der Waals surface area contributed by atoms with E-state index in [2.05, 4.69) is 0 Å². The Labute approximate surface area is 118 Å². The monoisotopic (exact) mass is 264 g/mol. The van der Waals surface area contributed by atoms with Gasteiger partial charge in [0.15, 0.2) is 5.43 Å². The molecule has 2 heteroatoms. The Hall–Kier alpha value is -2.35. The van der Waals surface area contributed by atoms with Crippen molar-refractivity contribution >= 4 is 0 Å². The summed E-state index contributed by atoms with van der Waals surface area (Å²) in [7, 11) is 0. The van der Waals surface area contributed by atoms with E-state index in [1.165, 1.54) is 0 Å². The van der Waals surface area contributed by atoms with Crippen molar-refractivity contribution in [2.75, 3.05) is 0 Å². The van der Waals surface area contributed by atoms with Crippen molar-refractivity contribution in [1.82, 2.24) is 0 Å². The molecule has 3 aromatic carbocycles. The Morgan fingerprint density at radius 2 is 1.70 bits per heavy atom. The zero-order valence-electron chi connectivity index (χ0n) is 11.6. The van der Waals surface area contributed by atoms with Gasteiger partial charge in [0, 0.05) is 11.1 Å². The normalized spacial score (nSPS) is 11.1. The van der Waals surface area contributed by atoms with Crippen LogP contribution in [0.25, 0.3) is 22.3 Å². The highest BCUT2D eigenvalue weighted by Gasteiger charge is 2.27. The number of benzene rings is 2. The van der Waals surface area contributed by atoms with Gasteiger partial charge in [0.05, 0.1) is 0 Å². The summed E-state index contributed by atoms with van der Waals surface area (Å²) in [6, 6.07) is 13.2.